The molecule has 0 saturated heterocycles. The molecule has 0 radical (unpaired) electrons. The summed E-state index contributed by atoms with van der Waals surface area (Å²) in [7, 11) is 0. The molecule has 1 atom stereocenters. The van der Waals surface area contributed by atoms with Gasteiger partial charge in [0, 0.05) is 23.6 Å². The average molecular weight is 214 g/mol. The van der Waals surface area contributed by atoms with Crippen LogP contribution in [0, 0.1) is 11.3 Å². The maximum Gasteiger partial charge on any atom is 0.251 e. The zero-order chi connectivity index (χ0) is 11.5. The molecule has 0 bridgehead atoms. The molecule has 5 heteroatoms. The number of fused-ring (bicyclic) bond motifs is 1. The average Bonchev–Trinajstić information content (AvgIpc) is 2.30. The van der Waals surface area contributed by atoms with Crippen LogP contribution in [-0.4, -0.2) is 16.0 Å². The van der Waals surface area contributed by atoms with E-state index < -0.39 is 6.04 Å². The molecule has 0 fully saturated rings. The van der Waals surface area contributed by atoms with Gasteiger partial charge in [0.05, 0.1) is 23.8 Å². The molecule has 16 heavy (non-hydrogen) atoms. The summed E-state index contributed by atoms with van der Waals surface area (Å²) < 4.78 is 0. The van der Waals surface area contributed by atoms with Crippen LogP contribution in [0.1, 0.15) is 5.56 Å². The Hall–Kier alpha value is -2.19. The second-order valence-electron chi connectivity index (χ2n) is 3.53. The molecular formula is C11H10N4O. The number of nitrogens with zero attached hydrogens (tertiary/aromatic N) is 2. The molecule has 0 aliphatic heterocycles. The Labute approximate surface area is 91.5 Å². The number of aromatic amines is 1. The summed E-state index contributed by atoms with van der Waals surface area (Å²) in [4.78, 5) is 18.3. The third-order valence-electron chi connectivity index (χ3n) is 2.33. The number of rotatable bonds is 2. The van der Waals surface area contributed by atoms with Crippen LogP contribution in [0.5, 0.6) is 0 Å². The molecule has 1 unspecified atom stereocenters. The lowest BCUT2D eigenvalue weighted by Gasteiger charge is -2.03. The largest absolute Gasteiger partial charge is 0.320 e. The molecule has 0 saturated carbocycles. The van der Waals surface area contributed by atoms with Gasteiger partial charge in [0.25, 0.3) is 5.56 Å². The van der Waals surface area contributed by atoms with Gasteiger partial charge in [-0.25, -0.2) is 0 Å². The van der Waals surface area contributed by atoms with E-state index in [0.717, 1.165) is 5.39 Å². The summed E-state index contributed by atoms with van der Waals surface area (Å²) in [5, 5.41) is 9.49. The van der Waals surface area contributed by atoms with Gasteiger partial charge in [0.1, 0.15) is 0 Å². The number of hydrogen-bond acceptors (Lipinski definition) is 4. The third kappa shape index (κ3) is 1.92. The molecule has 2 aromatic heterocycles. The molecule has 2 aromatic rings. The number of nitrogens with one attached hydrogen (secondary N) is 1. The lowest BCUT2D eigenvalue weighted by atomic mass is 10.1. The van der Waals surface area contributed by atoms with Crippen LogP contribution in [0.25, 0.3) is 10.9 Å². The predicted octanol–water partition coefficient (Wildman–Crippen LogP) is 0.316. The third-order valence-corrected chi connectivity index (χ3v) is 2.33. The summed E-state index contributed by atoms with van der Waals surface area (Å²) in [5.41, 5.74) is 6.48. The second kappa shape index (κ2) is 4.13. The highest BCUT2D eigenvalue weighted by molar-refractivity contribution is 5.77. The lowest BCUT2D eigenvalue weighted by molar-refractivity contribution is 0.814. The number of nitriles is 1. The van der Waals surface area contributed by atoms with E-state index in [1.807, 2.05) is 6.07 Å². The van der Waals surface area contributed by atoms with E-state index in [1.165, 1.54) is 0 Å². The van der Waals surface area contributed by atoms with Crippen LogP contribution in [-0.2, 0) is 6.42 Å². The van der Waals surface area contributed by atoms with E-state index in [0.29, 0.717) is 11.1 Å². The van der Waals surface area contributed by atoms with Gasteiger partial charge < -0.3 is 10.7 Å². The molecule has 2 heterocycles. The molecule has 3 N–H and O–H groups in total. The molecule has 5 nitrogen and oxygen atoms in total. The Kier molecular flexibility index (Phi) is 2.66. The lowest BCUT2D eigenvalue weighted by Crippen LogP contribution is -2.25. The van der Waals surface area contributed by atoms with Crippen LogP contribution < -0.4 is 11.3 Å². The summed E-state index contributed by atoms with van der Waals surface area (Å²) in [6, 6.07) is 4.79. The van der Waals surface area contributed by atoms with Gasteiger partial charge in [-0.15, -0.1) is 0 Å². The maximum atomic E-state index is 11.6. The van der Waals surface area contributed by atoms with Crippen molar-refractivity contribution in [1.29, 1.82) is 5.26 Å². The van der Waals surface area contributed by atoms with Crippen molar-refractivity contribution in [2.24, 2.45) is 5.73 Å². The zero-order valence-electron chi connectivity index (χ0n) is 8.47. The fraction of sp³-hybridized carbons (Fsp3) is 0.182. The first-order valence-electron chi connectivity index (χ1n) is 4.82. The second-order valence-corrected chi connectivity index (χ2v) is 3.53. The highest BCUT2D eigenvalue weighted by Gasteiger charge is 2.07. The molecule has 80 valence electrons. The van der Waals surface area contributed by atoms with Gasteiger partial charge >= 0.3 is 0 Å². The van der Waals surface area contributed by atoms with Crippen LogP contribution in [0.4, 0.5) is 0 Å². The van der Waals surface area contributed by atoms with Crippen molar-refractivity contribution < 1.29 is 0 Å². The first-order valence-corrected chi connectivity index (χ1v) is 4.82. The van der Waals surface area contributed by atoms with Crippen molar-refractivity contribution in [3.8, 4) is 6.07 Å². The quantitative estimate of drug-likeness (QED) is 0.752. The Morgan fingerprint density at radius 2 is 2.44 bits per heavy atom. The molecule has 0 aliphatic carbocycles. The highest BCUT2D eigenvalue weighted by atomic mass is 16.1. The number of nitrogens with two attached hydrogens (primary N) is 1. The van der Waals surface area contributed by atoms with Gasteiger partial charge in [0.2, 0.25) is 0 Å². The molecule has 2 rings (SSSR count). The minimum absolute atomic E-state index is 0.216. The predicted molar refractivity (Wildman–Crippen MR) is 59.7 cm³/mol. The van der Waals surface area contributed by atoms with Gasteiger partial charge in [-0.1, -0.05) is 0 Å². The maximum absolute atomic E-state index is 11.6. The van der Waals surface area contributed by atoms with Gasteiger partial charge in [-0.2, -0.15) is 5.26 Å². The van der Waals surface area contributed by atoms with Crippen molar-refractivity contribution in [2.45, 2.75) is 12.5 Å². The minimum atomic E-state index is -0.652. The summed E-state index contributed by atoms with van der Waals surface area (Å²) >= 11 is 0. The fourth-order valence-corrected chi connectivity index (χ4v) is 1.53. The Morgan fingerprint density at radius 1 is 1.62 bits per heavy atom. The minimum Gasteiger partial charge on any atom is -0.320 e. The van der Waals surface area contributed by atoms with Crippen LogP contribution in [0.2, 0.25) is 0 Å². The first kappa shape index (κ1) is 10.3. The van der Waals surface area contributed by atoms with Crippen molar-refractivity contribution in [3.63, 3.8) is 0 Å². The summed E-state index contributed by atoms with van der Waals surface area (Å²) in [6.07, 6.45) is 3.49. The standard InChI is InChI=1S/C11H10N4O/c12-5-9(13)4-8-3-7-1-2-14-6-10(7)15-11(8)16/h1-3,6,9H,4,13H2,(H,15,16). The molecule has 0 aliphatic rings. The van der Waals surface area contributed by atoms with E-state index in [-0.39, 0.29) is 12.0 Å². The zero-order valence-corrected chi connectivity index (χ0v) is 8.47. The Morgan fingerprint density at radius 3 is 3.19 bits per heavy atom. The smallest absolute Gasteiger partial charge is 0.251 e. The van der Waals surface area contributed by atoms with E-state index in [4.69, 9.17) is 11.0 Å². The monoisotopic (exact) mass is 214 g/mol. The van der Waals surface area contributed by atoms with Crippen molar-refractivity contribution in [3.05, 3.63) is 40.4 Å². The number of pyridine rings is 2. The first-order chi connectivity index (χ1) is 7.70. The van der Waals surface area contributed by atoms with Crippen molar-refractivity contribution >= 4 is 10.9 Å². The Bertz CT molecular complexity index is 611. The molecular weight excluding hydrogens is 204 g/mol. The normalized spacial score (nSPS) is 12.2. The van der Waals surface area contributed by atoms with E-state index in [1.54, 1.807) is 24.5 Å². The summed E-state index contributed by atoms with van der Waals surface area (Å²) in [6.45, 7) is 0. The van der Waals surface area contributed by atoms with Crippen molar-refractivity contribution in [2.75, 3.05) is 0 Å². The highest BCUT2D eigenvalue weighted by Crippen LogP contribution is 2.09. The topological polar surface area (TPSA) is 95.6 Å². The van der Waals surface area contributed by atoms with Crippen LogP contribution >= 0.6 is 0 Å². The van der Waals surface area contributed by atoms with E-state index >= 15 is 0 Å². The van der Waals surface area contributed by atoms with Crippen LogP contribution in [0.3, 0.4) is 0 Å². The molecule has 0 aromatic carbocycles. The van der Waals surface area contributed by atoms with E-state index in [2.05, 4.69) is 9.97 Å². The SMILES string of the molecule is N#CC(N)Cc1cc2ccncc2[nH]c1=O. The van der Waals surface area contributed by atoms with Gasteiger partial charge in [-0.05, 0) is 12.1 Å². The van der Waals surface area contributed by atoms with Gasteiger partial charge in [0.15, 0.2) is 0 Å². The Balaban J connectivity index is 2.51. The number of H-pyrrole nitrogens is 1. The van der Waals surface area contributed by atoms with Crippen molar-refractivity contribution in [1.82, 2.24) is 9.97 Å². The molecule has 0 spiro atoms. The van der Waals surface area contributed by atoms with Crippen LogP contribution in [0.15, 0.2) is 29.3 Å². The number of aromatic nitrogens is 2. The fourth-order valence-electron chi connectivity index (χ4n) is 1.53. The van der Waals surface area contributed by atoms with Gasteiger partial charge in [-0.3, -0.25) is 9.78 Å². The summed E-state index contributed by atoms with van der Waals surface area (Å²) in [5.74, 6) is 0. The van der Waals surface area contributed by atoms with E-state index in [9.17, 15) is 4.79 Å². The molecule has 0 amide bonds. The number of hydrogen-bond donors (Lipinski definition) is 2.